The molecule has 7 nitrogen and oxygen atoms in total. The summed E-state index contributed by atoms with van der Waals surface area (Å²) in [7, 11) is 0. The number of nitrogens with zero attached hydrogens (tertiary/aromatic N) is 1. The summed E-state index contributed by atoms with van der Waals surface area (Å²) < 4.78 is 5.85. The molecule has 3 heterocycles. The predicted molar refractivity (Wildman–Crippen MR) is 126 cm³/mol. The highest BCUT2D eigenvalue weighted by molar-refractivity contribution is 7.99. The molecule has 32 heavy (non-hydrogen) atoms. The zero-order valence-corrected chi connectivity index (χ0v) is 19.4. The summed E-state index contributed by atoms with van der Waals surface area (Å²) in [4.78, 5) is 33.5. The maximum atomic E-state index is 13.3. The molecule has 1 aliphatic heterocycles. The Balaban J connectivity index is 1.62. The van der Waals surface area contributed by atoms with Gasteiger partial charge < -0.3 is 19.8 Å². The fourth-order valence-electron chi connectivity index (χ4n) is 4.41. The predicted octanol–water partition coefficient (Wildman–Crippen LogP) is 4.20. The maximum Gasteiger partial charge on any atom is 0.227 e. The number of amides is 1. The van der Waals surface area contributed by atoms with Crippen molar-refractivity contribution in [2.24, 2.45) is 5.92 Å². The molecule has 3 N–H and O–H groups in total. The summed E-state index contributed by atoms with van der Waals surface area (Å²) in [6, 6.07) is 8.76. The van der Waals surface area contributed by atoms with Crippen LogP contribution in [0.15, 0.2) is 39.5 Å². The molecule has 170 valence electrons. The molecular formula is C24H29N3O4S. The number of hydrogen-bond donors (Lipinski definition) is 3. The van der Waals surface area contributed by atoms with E-state index in [1.54, 1.807) is 18.7 Å². The number of para-hydroxylation sites is 2. The van der Waals surface area contributed by atoms with Gasteiger partial charge in [-0.3, -0.25) is 9.59 Å². The number of imidazole rings is 1. The first kappa shape index (κ1) is 22.5. The molecule has 0 spiro atoms. The Bertz CT molecular complexity index is 1140. The van der Waals surface area contributed by atoms with Crippen molar-refractivity contribution in [1.82, 2.24) is 15.3 Å². The Hall–Kier alpha value is -2.74. The number of hydrogen-bond acceptors (Lipinski definition) is 6. The van der Waals surface area contributed by atoms with Crippen molar-refractivity contribution < 1.29 is 14.3 Å². The number of carbonyl (C=O) groups is 1. The van der Waals surface area contributed by atoms with Crippen molar-refractivity contribution in [1.29, 1.82) is 0 Å². The smallest absolute Gasteiger partial charge is 0.227 e. The second kappa shape index (κ2) is 9.02. The van der Waals surface area contributed by atoms with Crippen LogP contribution >= 0.6 is 11.8 Å². The van der Waals surface area contributed by atoms with Crippen LogP contribution in [0.25, 0.3) is 11.0 Å². The average molecular weight is 456 g/mol. The van der Waals surface area contributed by atoms with Gasteiger partial charge in [-0.1, -0.05) is 26.0 Å². The van der Waals surface area contributed by atoms with Crippen LogP contribution in [0.2, 0.25) is 0 Å². The summed E-state index contributed by atoms with van der Waals surface area (Å²) in [5, 5.41) is 13.7. The summed E-state index contributed by atoms with van der Waals surface area (Å²) in [5.41, 5.74) is 0.605. The number of rotatable bonds is 6. The van der Waals surface area contributed by atoms with Crippen molar-refractivity contribution >= 4 is 28.7 Å². The van der Waals surface area contributed by atoms with E-state index in [-0.39, 0.29) is 35.8 Å². The van der Waals surface area contributed by atoms with E-state index in [9.17, 15) is 14.7 Å². The Morgan fingerprint density at radius 1 is 1.31 bits per heavy atom. The van der Waals surface area contributed by atoms with Crippen LogP contribution in [-0.4, -0.2) is 32.5 Å². The van der Waals surface area contributed by atoms with Crippen LogP contribution < -0.4 is 10.7 Å². The van der Waals surface area contributed by atoms with E-state index in [1.807, 2.05) is 38.1 Å². The average Bonchev–Trinajstić information content (AvgIpc) is 3.18. The monoisotopic (exact) mass is 455 g/mol. The number of fused-ring (bicyclic) bond motifs is 1. The lowest BCUT2D eigenvalue weighted by Gasteiger charge is -2.36. The standard InChI is InChI=1S/C24H29N3O4S/c1-14(2)20(23-25-16-6-4-5-7-17(16)26-23)27-19(29)13-24(8-10-32-11-9-24)22-21(30)18(28)12-15(3)31-22/h4-7,12,14,20,30H,8-11,13H2,1-3H3,(H,25,26)(H,27,29). The zero-order chi connectivity index (χ0) is 22.9. The first-order valence-corrected chi connectivity index (χ1v) is 12.1. The number of nitrogens with one attached hydrogen (secondary N) is 2. The van der Waals surface area contributed by atoms with E-state index < -0.39 is 10.8 Å². The molecule has 0 radical (unpaired) electrons. The van der Waals surface area contributed by atoms with Crippen LogP contribution in [0, 0.1) is 12.8 Å². The van der Waals surface area contributed by atoms with E-state index in [0.717, 1.165) is 22.5 Å². The first-order valence-electron chi connectivity index (χ1n) is 10.9. The van der Waals surface area contributed by atoms with Gasteiger partial charge >= 0.3 is 0 Å². The maximum absolute atomic E-state index is 13.3. The number of benzene rings is 1. The largest absolute Gasteiger partial charge is 0.502 e. The van der Waals surface area contributed by atoms with Gasteiger partial charge in [-0.15, -0.1) is 0 Å². The van der Waals surface area contributed by atoms with E-state index in [0.29, 0.717) is 24.4 Å². The molecule has 1 aliphatic rings. The molecule has 0 saturated carbocycles. The minimum absolute atomic E-state index is 0.114. The molecule has 1 atom stereocenters. The Labute approximate surface area is 191 Å². The fourth-order valence-corrected chi connectivity index (χ4v) is 5.69. The third-order valence-corrected chi connectivity index (χ3v) is 7.15. The van der Waals surface area contributed by atoms with Gasteiger partial charge in [0.05, 0.1) is 17.1 Å². The lowest BCUT2D eigenvalue weighted by atomic mass is 9.75. The van der Waals surface area contributed by atoms with Crippen LogP contribution in [0.3, 0.4) is 0 Å². The minimum atomic E-state index is -0.708. The molecule has 0 aliphatic carbocycles. The second-order valence-corrected chi connectivity index (χ2v) is 10.1. The molecule has 0 bridgehead atoms. The highest BCUT2D eigenvalue weighted by Crippen LogP contribution is 2.44. The van der Waals surface area contributed by atoms with Crippen LogP contribution in [0.5, 0.6) is 5.75 Å². The number of aromatic nitrogens is 2. The fraction of sp³-hybridized carbons (Fsp3) is 0.458. The topological polar surface area (TPSA) is 108 Å². The number of H-pyrrole nitrogens is 1. The quantitative estimate of drug-likeness (QED) is 0.514. The van der Waals surface area contributed by atoms with Crippen molar-refractivity contribution in [3.8, 4) is 5.75 Å². The Morgan fingerprint density at radius 3 is 2.72 bits per heavy atom. The molecule has 1 unspecified atom stereocenters. The van der Waals surface area contributed by atoms with Crippen LogP contribution in [0.1, 0.15) is 56.5 Å². The molecular weight excluding hydrogens is 426 g/mol. The van der Waals surface area contributed by atoms with E-state index >= 15 is 0 Å². The number of carbonyl (C=O) groups excluding carboxylic acids is 1. The molecule has 1 aromatic carbocycles. The molecule has 4 rings (SSSR count). The number of aromatic amines is 1. The van der Waals surface area contributed by atoms with Gasteiger partial charge in [0, 0.05) is 17.9 Å². The first-order chi connectivity index (χ1) is 15.3. The van der Waals surface area contributed by atoms with Gasteiger partial charge in [0.2, 0.25) is 17.1 Å². The van der Waals surface area contributed by atoms with Gasteiger partial charge in [-0.25, -0.2) is 4.98 Å². The number of aromatic hydroxyl groups is 1. The third kappa shape index (κ3) is 4.41. The summed E-state index contributed by atoms with van der Waals surface area (Å²) in [6.45, 7) is 5.76. The second-order valence-electron chi connectivity index (χ2n) is 8.90. The molecule has 1 saturated heterocycles. The van der Waals surface area contributed by atoms with Gasteiger partial charge in [0.1, 0.15) is 11.6 Å². The lowest BCUT2D eigenvalue weighted by molar-refractivity contribution is -0.123. The summed E-state index contributed by atoms with van der Waals surface area (Å²) in [6.07, 6.45) is 1.45. The summed E-state index contributed by atoms with van der Waals surface area (Å²) in [5.74, 6) is 2.64. The van der Waals surface area contributed by atoms with E-state index in [1.165, 1.54) is 6.07 Å². The molecule has 1 fully saturated rings. The van der Waals surface area contributed by atoms with Gasteiger partial charge in [-0.05, 0) is 49.3 Å². The van der Waals surface area contributed by atoms with Crippen molar-refractivity contribution in [2.45, 2.75) is 51.5 Å². The van der Waals surface area contributed by atoms with Crippen LogP contribution in [0.4, 0.5) is 0 Å². The Kier molecular flexibility index (Phi) is 6.33. The Morgan fingerprint density at radius 2 is 2.03 bits per heavy atom. The van der Waals surface area contributed by atoms with Gasteiger partial charge in [-0.2, -0.15) is 11.8 Å². The van der Waals surface area contributed by atoms with Crippen molar-refractivity contribution in [3.05, 3.63) is 57.9 Å². The summed E-state index contributed by atoms with van der Waals surface area (Å²) >= 11 is 1.80. The lowest BCUT2D eigenvalue weighted by Crippen LogP contribution is -2.40. The van der Waals surface area contributed by atoms with Crippen molar-refractivity contribution in [2.75, 3.05) is 11.5 Å². The van der Waals surface area contributed by atoms with E-state index in [2.05, 4.69) is 15.3 Å². The molecule has 2 aromatic heterocycles. The van der Waals surface area contributed by atoms with Gasteiger partial charge in [0.25, 0.3) is 0 Å². The SMILES string of the molecule is Cc1cc(=O)c(O)c(C2(CC(=O)NC(c3nc4ccccc4[nH]3)C(C)C)CCSCC2)o1. The van der Waals surface area contributed by atoms with Crippen LogP contribution in [-0.2, 0) is 10.2 Å². The van der Waals surface area contributed by atoms with Gasteiger partial charge in [0.15, 0.2) is 5.76 Å². The molecule has 8 heteroatoms. The number of aryl methyl sites for hydroxylation is 1. The highest BCUT2D eigenvalue weighted by Gasteiger charge is 2.42. The third-order valence-electron chi connectivity index (χ3n) is 6.16. The molecule has 1 amide bonds. The van der Waals surface area contributed by atoms with E-state index in [4.69, 9.17) is 4.42 Å². The highest BCUT2D eigenvalue weighted by atomic mass is 32.2. The molecule has 3 aromatic rings. The van der Waals surface area contributed by atoms with Crippen molar-refractivity contribution in [3.63, 3.8) is 0 Å². The minimum Gasteiger partial charge on any atom is -0.502 e. The zero-order valence-electron chi connectivity index (χ0n) is 18.6. The number of thioether (sulfide) groups is 1. The normalized spacial score (nSPS) is 16.9.